The van der Waals surface area contributed by atoms with Gasteiger partial charge < -0.3 is 24.1 Å². The molecule has 0 saturated carbocycles. The molecular formula is C28H25N5O6S. The summed E-state index contributed by atoms with van der Waals surface area (Å²) >= 11 is 1.42. The molecule has 0 radical (unpaired) electrons. The number of nitrogens with zero attached hydrogens (tertiary/aromatic N) is 5. The number of ether oxygens (including phenoxy) is 4. The Balaban J connectivity index is 1.31. The first-order valence-corrected chi connectivity index (χ1v) is 13.2. The Kier molecular flexibility index (Phi) is 6.56. The van der Waals surface area contributed by atoms with Gasteiger partial charge in [-0.15, -0.1) is 11.3 Å². The molecule has 1 N–H and O–H groups in total. The lowest BCUT2D eigenvalue weighted by atomic mass is 10.1. The Hall–Kier alpha value is -4.55. The van der Waals surface area contributed by atoms with Gasteiger partial charge >= 0.3 is 6.09 Å². The number of pyridine rings is 1. The Labute approximate surface area is 233 Å². The molecule has 5 aromatic rings. The van der Waals surface area contributed by atoms with Gasteiger partial charge in [0, 0.05) is 18.3 Å². The monoisotopic (exact) mass is 559 g/mol. The lowest BCUT2D eigenvalue weighted by Gasteiger charge is -2.28. The number of benzene rings is 2. The summed E-state index contributed by atoms with van der Waals surface area (Å²) in [5, 5.41) is 10.6. The zero-order valence-corrected chi connectivity index (χ0v) is 23.0. The second kappa shape index (κ2) is 10.2. The summed E-state index contributed by atoms with van der Waals surface area (Å²) in [4.78, 5) is 32.2. The number of aromatic nitrogens is 4. The smallest absolute Gasteiger partial charge is 0.417 e. The standard InChI is InChI=1S/C28H25N5O6S/c1-14-7-20-25(37-13-22(38-20)39-28(35)33(3)17-6-5-15(2)29-10-17)26-23(14)32-27(40-26)18-8-16(12-34)9-19-24(18)30-11-21(31-19)36-4/h5-11,22,34H,12-13H2,1-4H3/t22-/m1/s1. The zero-order valence-electron chi connectivity index (χ0n) is 22.2. The highest BCUT2D eigenvalue weighted by Crippen LogP contribution is 2.46. The highest BCUT2D eigenvalue weighted by molar-refractivity contribution is 7.22. The van der Waals surface area contributed by atoms with Crippen molar-refractivity contribution in [2.45, 2.75) is 26.7 Å². The molecule has 40 heavy (non-hydrogen) atoms. The van der Waals surface area contributed by atoms with Crippen LogP contribution in [0.4, 0.5) is 10.5 Å². The molecule has 0 bridgehead atoms. The number of carbonyl (C=O) groups is 1. The summed E-state index contributed by atoms with van der Waals surface area (Å²) in [6, 6.07) is 9.07. The Morgan fingerprint density at radius 1 is 1.15 bits per heavy atom. The van der Waals surface area contributed by atoms with Crippen molar-refractivity contribution in [3.63, 3.8) is 0 Å². The average molecular weight is 560 g/mol. The van der Waals surface area contributed by atoms with Crippen molar-refractivity contribution in [2.75, 3.05) is 25.7 Å². The van der Waals surface area contributed by atoms with Gasteiger partial charge in [-0.2, -0.15) is 0 Å². The molecule has 0 spiro atoms. The van der Waals surface area contributed by atoms with Gasteiger partial charge in [0.25, 0.3) is 6.29 Å². The van der Waals surface area contributed by atoms with E-state index >= 15 is 0 Å². The average Bonchev–Trinajstić information content (AvgIpc) is 3.42. The molecule has 12 heteroatoms. The zero-order chi connectivity index (χ0) is 28.0. The van der Waals surface area contributed by atoms with Crippen molar-refractivity contribution in [1.82, 2.24) is 19.9 Å². The molecule has 1 aliphatic heterocycles. The summed E-state index contributed by atoms with van der Waals surface area (Å²) in [7, 11) is 3.13. The van der Waals surface area contributed by atoms with E-state index in [1.165, 1.54) is 23.3 Å². The van der Waals surface area contributed by atoms with Crippen LogP contribution in [0, 0.1) is 13.8 Å². The van der Waals surface area contributed by atoms with Crippen LogP contribution in [0.15, 0.2) is 42.7 Å². The predicted molar refractivity (Wildman–Crippen MR) is 149 cm³/mol. The maximum Gasteiger partial charge on any atom is 0.417 e. The van der Waals surface area contributed by atoms with E-state index in [1.54, 1.807) is 31.6 Å². The van der Waals surface area contributed by atoms with Crippen LogP contribution in [0.5, 0.6) is 17.4 Å². The maximum absolute atomic E-state index is 12.7. The fourth-order valence-corrected chi connectivity index (χ4v) is 5.53. The molecule has 204 valence electrons. The Morgan fingerprint density at radius 3 is 2.75 bits per heavy atom. The van der Waals surface area contributed by atoms with Crippen molar-refractivity contribution in [3.05, 3.63) is 59.5 Å². The number of carbonyl (C=O) groups excluding carboxylic acids is 1. The molecule has 1 aliphatic rings. The number of hydrogen-bond donors (Lipinski definition) is 1. The van der Waals surface area contributed by atoms with Crippen LogP contribution in [0.25, 0.3) is 31.8 Å². The second-order valence-corrected chi connectivity index (χ2v) is 10.3. The van der Waals surface area contributed by atoms with Gasteiger partial charge in [0.2, 0.25) is 5.88 Å². The van der Waals surface area contributed by atoms with E-state index in [0.29, 0.717) is 44.7 Å². The van der Waals surface area contributed by atoms with Crippen LogP contribution in [0.2, 0.25) is 0 Å². The fourth-order valence-electron chi connectivity index (χ4n) is 4.38. The van der Waals surface area contributed by atoms with E-state index in [-0.39, 0.29) is 13.2 Å². The van der Waals surface area contributed by atoms with Gasteiger partial charge in [0.05, 0.1) is 48.3 Å². The molecule has 0 aliphatic carbocycles. The van der Waals surface area contributed by atoms with E-state index in [4.69, 9.17) is 23.9 Å². The van der Waals surface area contributed by atoms with E-state index in [2.05, 4.69) is 15.0 Å². The SMILES string of the molecule is COc1cnc2c(-c3nc4c(C)cc5c(c4s3)OC[C@@H](OC(=O)N(C)c3ccc(C)nc3)O5)cc(CO)cc2n1. The van der Waals surface area contributed by atoms with Crippen molar-refractivity contribution >= 4 is 44.4 Å². The normalized spacial score (nSPS) is 14.4. The molecule has 0 saturated heterocycles. The Morgan fingerprint density at radius 2 is 2.00 bits per heavy atom. The van der Waals surface area contributed by atoms with Crippen molar-refractivity contribution in [3.8, 4) is 28.0 Å². The third-order valence-corrected chi connectivity index (χ3v) is 7.58. The number of amides is 1. The van der Waals surface area contributed by atoms with Gasteiger partial charge in [-0.3, -0.25) is 9.88 Å². The number of rotatable bonds is 5. The van der Waals surface area contributed by atoms with Crippen LogP contribution in [0.1, 0.15) is 16.8 Å². The number of aliphatic hydroxyl groups is 1. The van der Waals surface area contributed by atoms with E-state index in [1.807, 2.05) is 32.0 Å². The van der Waals surface area contributed by atoms with Crippen molar-refractivity contribution in [1.29, 1.82) is 0 Å². The molecule has 1 atom stereocenters. The van der Waals surface area contributed by atoms with Gasteiger partial charge in [-0.25, -0.2) is 19.7 Å². The molecule has 11 nitrogen and oxygen atoms in total. The van der Waals surface area contributed by atoms with Crippen molar-refractivity contribution < 1.29 is 28.8 Å². The minimum absolute atomic E-state index is 0.0122. The summed E-state index contributed by atoms with van der Waals surface area (Å²) in [5.41, 5.74) is 5.72. The minimum Gasteiger partial charge on any atom is -0.480 e. The largest absolute Gasteiger partial charge is 0.480 e. The second-order valence-electron chi connectivity index (χ2n) is 9.26. The van der Waals surface area contributed by atoms with Crippen molar-refractivity contribution in [2.24, 2.45) is 0 Å². The van der Waals surface area contributed by atoms with Gasteiger partial charge in [-0.05, 0) is 55.3 Å². The molecule has 6 rings (SSSR count). The molecular weight excluding hydrogens is 534 g/mol. The minimum atomic E-state index is -0.930. The number of methoxy groups -OCH3 is 1. The molecule has 1 amide bonds. The summed E-state index contributed by atoms with van der Waals surface area (Å²) in [6.45, 7) is 3.65. The molecule has 0 unspecified atom stereocenters. The quantitative estimate of drug-likeness (QED) is 0.321. The summed E-state index contributed by atoms with van der Waals surface area (Å²) in [6.07, 6.45) is 1.64. The van der Waals surface area contributed by atoms with E-state index < -0.39 is 12.4 Å². The topological polar surface area (TPSA) is 129 Å². The molecule has 0 fully saturated rings. The Bertz CT molecular complexity index is 1750. The van der Waals surface area contributed by atoms with Crippen LogP contribution < -0.4 is 19.1 Å². The van der Waals surface area contributed by atoms with E-state index in [9.17, 15) is 9.90 Å². The third-order valence-electron chi connectivity index (χ3n) is 6.50. The number of aryl methyl sites for hydroxylation is 2. The maximum atomic E-state index is 12.7. The summed E-state index contributed by atoms with van der Waals surface area (Å²) in [5.74, 6) is 1.37. The van der Waals surface area contributed by atoms with Gasteiger partial charge in [-0.1, -0.05) is 0 Å². The van der Waals surface area contributed by atoms with Crippen LogP contribution in [0.3, 0.4) is 0 Å². The molecule has 2 aromatic carbocycles. The number of aliphatic hydroxyl groups excluding tert-OH is 1. The number of anilines is 1. The first kappa shape index (κ1) is 25.7. The first-order valence-electron chi connectivity index (χ1n) is 12.4. The van der Waals surface area contributed by atoms with Gasteiger partial charge in [0.1, 0.15) is 9.71 Å². The highest BCUT2D eigenvalue weighted by atomic mass is 32.1. The molecule has 4 heterocycles. The lowest BCUT2D eigenvalue weighted by Crippen LogP contribution is -2.38. The van der Waals surface area contributed by atoms with Crippen LogP contribution in [-0.2, 0) is 11.3 Å². The van der Waals surface area contributed by atoms with Gasteiger partial charge in [0.15, 0.2) is 18.1 Å². The van der Waals surface area contributed by atoms with Crippen LogP contribution in [-0.4, -0.2) is 58.2 Å². The third kappa shape index (κ3) is 4.61. The number of hydrogen-bond acceptors (Lipinski definition) is 11. The fraction of sp³-hybridized carbons (Fsp3) is 0.250. The lowest BCUT2D eigenvalue weighted by molar-refractivity contribution is -0.0718. The highest BCUT2D eigenvalue weighted by Gasteiger charge is 2.30. The summed E-state index contributed by atoms with van der Waals surface area (Å²) < 4.78 is 23.7. The molecule has 3 aromatic heterocycles. The first-order chi connectivity index (χ1) is 19.3. The number of fused-ring (bicyclic) bond motifs is 4. The van der Waals surface area contributed by atoms with Crippen LogP contribution >= 0.6 is 11.3 Å². The number of thiazole rings is 1. The predicted octanol–water partition coefficient (Wildman–Crippen LogP) is 4.79. The van der Waals surface area contributed by atoms with E-state index in [0.717, 1.165) is 27.0 Å².